The van der Waals surface area contributed by atoms with E-state index in [9.17, 15) is 28.4 Å². The van der Waals surface area contributed by atoms with E-state index in [-0.39, 0.29) is 50.8 Å². The van der Waals surface area contributed by atoms with Gasteiger partial charge in [-0.2, -0.15) is 4.99 Å². The van der Waals surface area contributed by atoms with Crippen molar-refractivity contribution in [3.63, 3.8) is 0 Å². The van der Waals surface area contributed by atoms with Crippen LogP contribution in [0.25, 0.3) is 0 Å². The van der Waals surface area contributed by atoms with Crippen LogP contribution >= 0.6 is 0 Å². The number of halogens is 1. The second-order valence-corrected chi connectivity index (χ2v) is 14.0. The second kappa shape index (κ2) is 14.4. The molecule has 4 aliphatic rings. The van der Waals surface area contributed by atoms with Gasteiger partial charge in [-0.15, -0.1) is 0 Å². The molecule has 3 heterocycles. The number of hydrogen-bond donors (Lipinski definition) is 3. The number of rotatable bonds is 3. The number of aliphatic imine (C=N–C) groups is 1. The van der Waals surface area contributed by atoms with E-state index in [0.29, 0.717) is 24.0 Å². The number of carbonyl (C=O) groups excluding carboxylic acids is 5. The molecule has 1 saturated heterocycles. The molecule has 49 heavy (non-hydrogen) atoms. The molecule has 5 amide bonds. The van der Waals surface area contributed by atoms with Gasteiger partial charge in [-0.05, 0) is 58.1 Å². The van der Waals surface area contributed by atoms with Crippen molar-refractivity contribution in [3.05, 3.63) is 47.3 Å². The van der Waals surface area contributed by atoms with Gasteiger partial charge in [0.25, 0.3) is 11.9 Å². The van der Waals surface area contributed by atoms with E-state index in [4.69, 9.17) is 19.9 Å². The lowest BCUT2D eigenvalue weighted by Gasteiger charge is -2.30. The maximum Gasteiger partial charge on any atom is 0.410 e. The smallest absolute Gasteiger partial charge is 0.410 e. The summed E-state index contributed by atoms with van der Waals surface area (Å²) in [6, 6.07) is 2.08. The number of alkyl carbamates (subject to hydrolysis) is 1. The summed E-state index contributed by atoms with van der Waals surface area (Å²) in [7, 11) is 1.27. The number of carbonyl (C=O) groups is 5. The molecule has 1 aromatic carbocycles. The molecule has 4 N–H and O–H groups in total. The van der Waals surface area contributed by atoms with Crippen molar-refractivity contribution < 1.29 is 42.6 Å². The van der Waals surface area contributed by atoms with Gasteiger partial charge in [0.05, 0.1) is 20.2 Å². The molecular formula is C34H45FN6O8. The molecule has 5 rings (SSSR count). The minimum atomic E-state index is -1.40. The molecule has 1 unspecified atom stereocenters. The van der Waals surface area contributed by atoms with Gasteiger partial charge in [0.1, 0.15) is 35.1 Å². The number of nitrogens with one attached hydrogen (secondary N) is 2. The number of ether oxygens (including phenoxy) is 3. The van der Waals surface area contributed by atoms with Gasteiger partial charge in [0.2, 0.25) is 11.8 Å². The zero-order valence-electron chi connectivity index (χ0n) is 28.3. The Bertz CT molecular complexity index is 1540. The van der Waals surface area contributed by atoms with Crippen molar-refractivity contribution in [1.29, 1.82) is 0 Å². The van der Waals surface area contributed by atoms with Crippen LogP contribution in [-0.4, -0.2) is 88.7 Å². The normalized spacial score (nSPS) is 28.1. The minimum absolute atomic E-state index is 0.0205. The molecule has 0 bridgehead atoms. The molecule has 1 aliphatic carbocycles. The molecule has 1 saturated carbocycles. The van der Waals surface area contributed by atoms with Gasteiger partial charge >= 0.3 is 12.2 Å². The highest BCUT2D eigenvalue weighted by Gasteiger charge is 2.61. The van der Waals surface area contributed by atoms with E-state index in [1.165, 1.54) is 23.0 Å². The number of nitrogens with zero attached hydrogens (tertiary/aromatic N) is 3. The number of amides is 5. The van der Waals surface area contributed by atoms with Crippen molar-refractivity contribution in [2.45, 2.75) is 108 Å². The largest absolute Gasteiger partial charge is 0.468 e. The summed E-state index contributed by atoms with van der Waals surface area (Å²) in [6.45, 7) is 5.14. The van der Waals surface area contributed by atoms with Crippen LogP contribution in [0.5, 0.6) is 0 Å². The highest BCUT2D eigenvalue weighted by Crippen LogP contribution is 2.46. The number of benzene rings is 1. The molecule has 1 aromatic rings. The van der Waals surface area contributed by atoms with Gasteiger partial charge < -0.3 is 35.5 Å². The predicted molar refractivity (Wildman–Crippen MR) is 174 cm³/mol. The number of amidine groups is 1. The lowest BCUT2D eigenvalue weighted by molar-refractivity contribution is -0.141. The summed E-state index contributed by atoms with van der Waals surface area (Å²) in [5, 5.41) is 5.52. The van der Waals surface area contributed by atoms with Crippen molar-refractivity contribution >= 4 is 35.9 Å². The van der Waals surface area contributed by atoms with Crippen LogP contribution in [0.1, 0.15) is 76.8 Å². The Labute approximate surface area is 284 Å². The Kier molecular flexibility index (Phi) is 10.5. The molecular weight excluding hydrogens is 639 g/mol. The topological polar surface area (TPSA) is 182 Å². The Balaban J connectivity index is 1.40. The van der Waals surface area contributed by atoms with Gasteiger partial charge in [-0.25, -0.2) is 14.0 Å². The number of methoxy groups -OCH3 is 1. The molecule has 3 aliphatic heterocycles. The van der Waals surface area contributed by atoms with Gasteiger partial charge in [0.15, 0.2) is 0 Å². The minimum Gasteiger partial charge on any atom is -0.468 e. The summed E-state index contributed by atoms with van der Waals surface area (Å²) in [5.41, 5.74) is 4.53. The second-order valence-electron chi connectivity index (χ2n) is 14.0. The van der Waals surface area contributed by atoms with Crippen molar-refractivity contribution in [2.75, 3.05) is 13.7 Å². The van der Waals surface area contributed by atoms with Crippen LogP contribution < -0.4 is 16.4 Å². The molecule has 0 aromatic heterocycles. The lowest BCUT2D eigenvalue weighted by atomic mass is 10.0. The van der Waals surface area contributed by atoms with Gasteiger partial charge in [-0.3, -0.25) is 19.3 Å². The lowest BCUT2D eigenvalue weighted by Crippen LogP contribution is -2.56. The van der Waals surface area contributed by atoms with E-state index in [0.717, 1.165) is 12.8 Å². The maximum absolute atomic E-state index is 14.4. The summed E-state index contributed by atoms with van der Waals surface area (Å²) in [6.07, 6.45) is 4.76. The molecule has 2 fully saturated rings. The molecule has 15 heteroatoms. The summed E-state index contributed by atoms with van der Waals surface area (Å²) < 4.78 is 30.5. The van der Waals surface area contributed by atoms with Crippen molar-refractivity contribution in [2.24, 2.45) is 16.6 Å². The van der Waals surface area contributed by atoms with Crippen LogP contribution in [-0.2, 0) is 41.7 Å². The third-order valence-corrected chi connectivity index (χ3v) is 9.18. The molecule has 266 valence electrons. The highest BCUT2D eigenvalue weighted by atomic mass is 19.1. The first kappa shape index (κ1) is 35.6. The third kappa shape index (κ3) is 8.31. The van der Waals surface area contributed by atoms with Gasteiger partial charge in [-0.1, -0.05) is 37.1 Å². The molecule has 14 nitrogen and oxygen atoms in total. The quantitative estimate of drug-likeness (QED) is 0.245. The van der Waals surface area contributed by atoms with E-state index in [2.05, 4.69) is 15.6 Å². The number of allylic oxidation sites excluding steroid dienone is 1. The van der Waals surface area contributed by atoms with Crippen LogP contribution in [0.4, 0.5) is 14.0 Å². The summed E-state index contributed by atoms with van der Waals surface area (Å²) >= 11 is 0. The van der Waals surface area contributed by atoms with E-state index >= 15 is 0 Å². The van der Waals surface area contributed by atoms with E-state index < -0.39 is 65.1 Å². The van der Waals surface area contributed by atoms with Crippen LogP contribution in [0.3, 0.4) is 0 Å². The zero-order valence-corrected chi connectivity index (χ0v) is 28.3. The fourth-order valence-corrected chi connectivity index (χ4v) is 6.57. The predicted octanol–water partition coefficient (Wildman–Crippen LogP) is 3.02. The first-order valence-electron chi connectivity index (χ1n) is 16.6. The molecule has 0 radical (unpaired) electrons. The summed E-state index contributed by atoms with van der Waals surface area (Å²) in [5.74, 6) is -2.67. The monoisotopic (exact) mass is 684 g/mol. The zero-order chi connectivity index (χ0) is 35.5. The number of nitrogens with two attached hydrogens (primary N) is 1. The number of hydrogen-bond acceptors (Lipinski definition) is 8. The fraction of sp³-hybridized carbons (Fsp3) is 0.588. The standard InChI is InChI=1S/C34H45FN6O8/c1-33(2,3)49-31(45)37-25-14-9-7-5-6-8-12-21-16-34(21,29(44)38-30(36)47-4)39-27(42)26-15-22(18-41(26)28(25)43)48-32(46)40-17-20-11-10-13-24(35)23(20)19-40/h8,10-13,21-22,25-26H,5-7,9,14-19H2,1-4H3,(H,37,45)(H,39,42)(H2,36,38,44)/b12-8+/t21?,22-,25-,26+,34-/m1/s1. The summed E-state index contributed by atoms with van der Waals surface area (Å²) in [4.78, 5) is 74.2. The van der Waals surface area contributed by atoms with Crippen molar-refractivity contribution in [3.8, 4) is 0 Å². The first-order chi connectivity index (χ1) is 23.2. The van der Waals surface area contributed by atoms with Crippen LogP contribution in [0, 0.1) is 11.7 Å². The van der Waals surface area contributed by atoms with Crippen LogP contribution in [0.2, 0.25) is 0 Å². The van der Waals surface area contributed by atoms with Gasteiger partial charge in [0, 0.05) is 24.4 Å². The highest BCUT2D eigenvalue weighted by molar-refractivity contribution is 6.02. The third-order valence-electron chi connectivity index (χ3n) is 9.18. The molecule has 5 atom stereocenters. The molecule has 0 spiro atoms. The SMILES string of the molecule is COC(N)=NC(=O)[C@@]12CC1/C=C/CCCCC[C@@H](NC(=O)OC(C)(C)C)C(=O)N1C[C@H](OC(=O)N3Cc4cccc(F)c4C3)C[C@H]1C(=O)N2. The number of fused-ring (bicyclic) bond motifs is 3. The Morgan fingerprint density at radius 3 is 2.63 bits per heavy atom. The fourth-order valence-electron chi connectivity index (χ4n) is 6.57. The average molecular weight is 685 g/mol. The first-order valence-corrected chi connectivity index (χ1v) is 16.6. The Morgan fingerprint density at radius 1 is 1.14 bits per heavy atom. The van der Waals surface area contributed by atoms with E-state index in [1.807, 2.05) is 12.2 Å². The Morgan fingerprint density at radius 2 is 1.92 bits per heavy atom. The maximum atomic E-state index is 14.4. The van der Waals surface area contributed by atoms with Crippen molar-refractivity contribution in [1.82, 2.24) is 20.4 Å². The van der Waals surface area contributed by atoms with E-state index in [1.54, 1.807) is 32.9 Å². The average Bonchev–Trinajstić information content (AvgIpc) is 3.33. The van der Waals surface area contributed by atoms with Crippen LogP contribution in [0.15, 0.2) is 35.3 Å². The Hall–Kier alpha value is -4.69.